The molecule has 1 aromatic rings. The quantitative estimate of drug-likeness (QED) is 0.812. The maximum Gasteiger partial charge on any atom is 0.307 e. The molecule has 0 unspecified atom stereocenters. The molecule has 0 saturated carbocycles. The number of amides is 1. The van der Waals surface area contributed by atoms with Crippen molar-refractivity contribution in [2.24, 2.45) is 0 Å². The van der Waals surface area contributed by atoms with Crippen molar-refractivity contribution in [1.82, 2.24) is 5.32 Å². The first-order valence-electron chi connectivity index (χ1n) is 6.87. The molecule has 0 saturated heterocycles. The molecule has 0 aromatic heterocycles. The highest BCUT2D eigenvalue weighted by Crippen LogP contribution is 2.22. The van der Waals surface area contributed by atoms with E-state index in [-0.39, 0.29) is 24.4 Å². The molecule has 110 valence electrons. The van der Waals surface area contributed by atoms with Crippen molar-refractivity contribution < 1.29 is 14.3 Å². The van der Waals surface area contributed by atoms with Gasteiger partial charge in [-0.3, -0.25) is 9.59 Å². The summed E-state index contributed by atoms with van der Waals surface area (Å²) < 4.78 is 5.01. The molecule has 0 radical (unpaired) electrons. The Morgan fingerprint density at radius 3 is 2.35 bits per heavy atom. The lowest BCUT2D eigenvalue weighted by Gasteiger charge is -2.24. The van der Waals surface area contributed by atoms with E-state index in [1.807, 2.05) is 44.2 Å². The molecule has 20 heavy (non-hydrogen) atoms. The Labute approximate surface area is 120 Å². The highest BCUT2D eigenvalue weighted by Gasteiger charge is 2.29. The molecule has 1 amide bonds. The molecule has 0 aliphatic heterocycles. The predicted molar refractivity (Wildman–Crippen MR) is 78.3 cm³/mol. The molecule has 0 atom stereocenters. The van der Waals surface area contributed by atoms with E-state index in [1.54, 1.807) is 13.8 Å². The normalized spacial score (nSPS) is 11.2. The first-order valence-corrected chi connectivity index (χ1v) is 6.87. The number of carbonyl (C=O) groups excluding carboxylic acids is 2. The molecular formula is C16H23NO3. The fraction of sp³-hybridized carbons (Fsp3) is 0.500. The van der Waals surface area contributed by atoms with E-state index in [2.05, 4.69) is 5.32 Å². The summed E-state index contributed by atoms with van der Waals surface area (Å²) in [5.41, 5.74) is 0.325. The van der Waals surface area contributed by atoms with Gasteiger partial charge in [0.2, 0.25) is 5.91 Å². The Morgan fingerprint density at radius 2 is 1.80 bits per heavy atom. The first kappa shape index (κ1) is 16.2. The van der Waals surface area contributed by atoms with Crippen LogP contribution in [0, 0.1) is 0 Å². The second kappa shape index (κ2) is 7.08. The van der Waals surface area contributed by atoms with Crippen LogP contribution in [0.1, 0.15) is 39.7 Å². The van der Waals surface area contributed by atoms with Gasteiger partial charge in [-0.25, -0.2) is 0 Å². The predicted octanol–water partition coefficient (Wildman–Crippen LogP) is 2.42. The van der Waals surface area contributed by atoms with Gasteiger partial charge in [0.25, 0.3) is 0 Å². The SMILES string of the molecule is CC(C)OC(=O)CCNC(=O)C(C)(C)c1ccccc1. The van der Waals surface area contributed by atoms with Gasteiger partial charge in [-0.2, -0.15) is 0 Å². The molecule has 0 aliphatic carbocycles. The second-order valence-electron chi connectivity index (χ2n) is 5.54. The molecule has 1 N–H and O–H groups in total. The minimum Gasteiger partial charge on any atom is -0.463 e. The molecule has 4 nitrogen and oxygen atoms in total. The van der Waals surface area contributed by atoms with E-state index in [1.165, 1.54) is 0 Å². The zero-order chi connectivity index (χ0) is 15.2. The second-order valence-corrected chi connectivity index (χ2v) is 5.54. The number of nitrogens with one attached hydrogen (secondary N) is 1. The summed E-state index contributed by atoms with van der Waals surface area (Å²) >= 11 is 0. The van der Waals surface area contributed by atoms with E-state index in [9.17, 15) is 9.59 Å². The molecule has 0 aliphatic rings. The lowest BCUT2D eigenvalue weighted by molar-refractivity contribution is -0.147. The molecular weight excluding hydrogens is 254 g/mol. The maximum absolute atomic E-state index is 12.2. The highest BCUT2D eigenvalue weighted by atomic mass is 16.5. The smallest absolute Gasteiger partial charge is 0.307 e. The minimum atomic E-state index is -0.622. The van der Waals surface area contributed by atoms with E-state index in [4.69, 9.17) is 4.74 Å². The number of hydrogen-bond donors (Lipinski definition) is 1. The summed E-state index contributed by atoms with van der Waals surface area (Å²) in [5.74, 6) is -0.390. The molecule has 1 rings (SSSR count). The van der Waals surface area contributed by atoms with Crippen LogP contribution in [0.15, 0.2) is 30.3 Å². The van der Waals surface area contributed by atoms with Gasteiger partial charge in [-0.05, 0) is 33.3 Å². The minimum absolute atomic E-state index is 0.0963. The summed E-state index contributed by atoms with van der Waals surface area (Å²) in [4.78, 5) is 23.6. The molecule has 0 fully saturated rings. The Balaban J connectivity index is 2.48. The van der Waals surface area contributed by atoms with E-state index < -0.39 is 5.41 Å². The molecule has 1 aromatic carbocycles. The molecule has 0 bridgehead atoms. The average Bonchev–Trinajstić information content (AvgIpc) is 2.38. The third kappa shape index (κ3) is 4.68. The highest BCUT2D eigenvalue weighted by molar-refractivity contribution is 5.87. The van der Waals surface area contributed by atoms with Crippen molar-refractivity contribution in [2.75, 3.05) is 6.54 Å². The molecule has 4 heteroatoms. The van der Waals surface area contributed by atoms with Crippen molar-refractivity contribution in [2.45, 2.75) is 45.6 Å². The van der Waals surface area contributed by atoms with Gasteiger partial charge < -0.3 is 10.1 Å². The van der Waals surface area contributed by atoms with Crippen molar-refractivity contribution >= 4 is 11.9 Å². The zero-order valence-corrected chi connectivity index (χ0v) is 12.6. The Hall–Kier alpha value is -1.84. The van der Waals surface area contributed by atoms with Crippen LogP contribution in [-0.2, 0) is 19.7 Å². The van der Waals surface area contributed by atoms with Gasteiger partial charge >= 0.3 is 5.97 Å². The van der Waals surface area contributed by atoms with Crippen LogP contribution < -0.4 is 5.32 Å². The third-order valence-corrected chi connectivity index (χ3v) is 3.04. The van der Waals surface area contributed by atoms with E-state index in [0.717, 1.165) is 5.56 Å². The third-order valence-electron chi connectivity index (χ3n) is 3.04. The summed E-state index contributed by atoms with van der Waals surface area (Å²) in [7, 11) is 0. The number of hydrogen-bond acceptors (Lipinski definition) is 3. The molecule has 0 spiro atoms. The first-order chi connectivity index (χ1) is 9.34. The summed E-state index contributed by atoms with van der Waals surface area (Å²) in [6.07, 6.45) is 0.0633. The topological polar surface area (TPSA) is 55.4 Å². The van der Waals surface area contributed by atoms with Gasteiger partial charge in [0.05, 0.1) is 17.9 Å². The fourth-order valence-electron chi connectivity index (χ4n) is 1.81. The van der Waals surface area contributed by atoms with Gasteiger partial charge in [0.1, 0.15) is 0 Å². The fourth-order valence-corrected chi connectivity index (χ4v) is 1.81. The number of benzene rings is 1. The Bertz CT molecular complexity index is 452. The monoisotopic (exact) mass is 277 g/mol. The van der Waals surface area contributed by atoms with Crippen LogP contribution in [0.5, 0.6) is 0 Å². The van der Waals surface area contributed by atoms with Crippen molar-refractivity contribution in [3.63, 3.8) is 0 Å². The number of ether oxygens (including phenoxy) is 1. The summed E-state index contributed by atoms with van der Waals surface area (Å²) in [6, 6.07) is 9.58. The maximum atomic E-state index is 12.2. The Kier molecular flexibility index (Phi) is 5.74. The van der Waals surface area contributed by atoms with E-state index >= 15 is 0 Å². The van der Waals surface area contributed by atoms with Crippen LogP contribution in [0.25, 0.3) is 0 Å². The standard InChI is InChI=1S/C16H23NO3/c1-12(2)20-14(18)10-11-17-15(19)16(3,4)13-8-6-5-7-9-13/h5-9,12H,10-11H2,1-4H3,(H,17,19). The van der Waals surface area contributed by atoms with Crippen LogP contribution in [0.2, 0.25) is 0 Å². The van der Waals surface area contributed by atoms with Gasteiger partial charge in [-0.1, -0.05) is 30.3 Å². The van der Waals surface area contributed by atoms with Crippen LogP contribution in [0.3, 0.4) is 0 Å². The molecule has 0 heterocycles. The van der Waals surface area contributed by atoms with Crippen molar-refractivity contribution in [3.05, 3.63) is 35.9 Å². The van der Waals surface area contributed by atoms with Crippen LogP contribution >= 0.6 is 0 Å². The number of rotatable bonds is 6. The lowest BCUT2D eigenvalue weighted by atomic mass is 9.84. The number of esters is 1. The van der Waals surface area contributed by atoms with Gasteiger partial charge in [0.15, 0.2) is 0 Å². The van der Waals surface area contributed by atoms with Crippen LogP contribution in [-0.4, -0.2) is 24.5 Å². The van der Waals surface area contributed by atoms with Crippen LogP contribution in [0.4, 0.5) is 0 Å². The van der Waals surface area contributed by atoms with Gasteiger partial charge in [-0.15, -0.1) is 0 Å². The zero-order valence-electron chi connectivity index (χ0n) is 12.6. The summed E-state index contributed by atoms with van der Waals surface area (Å²) in [6.45, 7) is 7.62. The van der Waals surface area contributed by atoms with E-state index in [0.29, 0.717) is 6.54 Å². The van der Waals surface area contributed by atoms with Gasteiger partial charge in [0, 0.05) is 6.54 Å². The van der Waals surface area contributed by atoms with Crippen molar-refractivity contribution in [1.29, 1.82) is 0 Å². The summed E-state index contributed by atoms with van der Waals surface area (Å²) in [5, 5.41) is 2.79. The number of carbonyl (C=O) groups is 2. The largest absolute Gasteiger partial charge is 0.463 e. The lowest BCUT2D eigenvalue weighted by Crippen LogP contribution is -2.41. The average molecular weight is 277 g/mol. The Morgan fingerprint density at radius 1 is 1.20 bits per heavy atom. The van der Waals surface area contributed by atoms with Crippen molar-refractivity contribution in [3.8, 4) is 0 Å².